The van der Waals surface area contributed by atoms with Crippen LogP contribution < -0.4 is 15.4 Å². The van der Waals surface area contributed by atoms with Crippen LogP contribution in [0.25, 0.3) is 0 Å². The van der Waals surface area contributed by atoms with Gasteiger partial charge in [0.25, 0.3) is 0 Å². The average Bonchev–Trinajstić information content (AvgIpc) is 2.66. The molecule has 2 aromatic carbocycles. The van der Waals surface area contributed by atoms with Crippen LogP contribution in [-0.4, -0.2) is 23.3 Å². The Morgan fingerprint density at radius 2 is 1.65 bits per heavy atom. The molecule has 0 heterocycles. The van der Waals surface area contributed by atoms with Crippen LogP contribution in [0, 0.1) is 11.3 Å². The highest BCUT2D eigenvalue weighted by atomic mass is 16.5. The molecule has 2 aromatic rings. The van der Waals surface area contributed by atoms with E-state index in [1.807, 2.05) is 0 Å². The summed E-state index contributed by atoms with van der Waals surface area (Å²) in [4.78, 5) is 12.1. The quantitative estimate of drug-likeness (QED) is 0.781. The fraction of sp³-hybridized carbons (Fsp3) is 0.300. The molecule has 0 radical (unpaired) electrons. The van der Waals surface area contributed by atoms with Crippen LogP contribution in [0.5, 0.6) is 11.5 Å². The number of nitrogens with one attached hydrogen (secondary N) is 2. The summed E-state index contributed by atoms with van der Waals surface area (Å²) >= 11 is 0. The fourth-order valence-corrected chi connectivity index (χ4v) is 2.96. The number of aliphatic hydroxyl groups excluding tert-OH is 1. The van der Waals surface area contributed by atoms with Gasteiger partial charge >= 0.3 is 6.03 Å². The second kappa shape index (κ2) is 8.37. The number of nitrogens with zero attached hydrogens (tertiary/aromatic N) is 1. The average molecular weight is 351 g/mol. The molecule has 26 heavy (non-hydrogen) atoms. The van der Waals surface area contributed by atoms with Crippen LogP contribution >= 0.6 is 0 Å². The first kappa shape index (κ1) is 17.8. The van der Waals surface area contributed by atoms with E-state index in [9.17, 15) is 9.90 Å². The molecule has 0 bridgehead atoms. The highest BCUT2D eigenvalue weighted by molar-refractivity contribution is 5.89. The van der Waals surface area contributed by atoms with Crippen molar-refractivity contribution in [3.05, 3.63) is 54.1 Å². The van der Waals surface area contributed by atoms with Crippen molar-refractivity contribution in [3.63, 3.8) is 0 Å². The monoisotopic (exact) mass is 351 g/mol. The van der Waals surface area contributed by atoms with Crippen molar-refractivity contribution in [2.24, 2.45) is 0 Å². The minimum absolute atomic E-state index is 0.192. The van der Waals surface area contributed by atoms with E-state index in [0.717, 1.165) is 25.7 Å². The van der Waals surface area contributed by atoms with Crippen molar-refractivity contribution in [1.82, 2.24) is 5.32 Å². The molecule has 0 spiro atoms. The number of ether oxygens (including phenoxy) is 1. The van der Waals surface area contributed by atoms with Crippen LogP contribution in [0.3, 0.4) is 0 Å². The van der Waals surface area contributed by atoms with Crippen molar-refractivity contribution < 1.29 is 14.6 Å². The molecule has 1 saturated carbocycles. The minimum Gasteiger partial charge on any atom is -0.457 e. The highest BCUT2D eigenvalue weighted by Gasteiger charge is 2.24. The molecule has 0 saturated heterocycles. The largest absolute Gasteiger partial charge is 0.457 e. The number of carbonyl (C=O) groups is 1. The maximum absolute atomic E-state index is 12.1. The molecule has 3 N–H and O–H groups in total. The molecule has 1 aliphatic carbocycles. The third-order valence-electron chi connectivity index (χ3n) is 4.38. The van der Waals surface area contributed by atoms with Crippen LogP contribution in [0.2, 0.25) is 0 Å². The van der Waals surface area contributed by atoms with Crippen molar-refractivity contribution >= 4 is 11.7 Å². The first-order chi connectivity index (χ1) is 12.6. The molecule has 1 aliphatic rings. The molecule has 6 nitrogen and oxygen atoms in total. The zero-order valence-corrected chi connectivity index (χ0v) is 14.3. The Kier molecular flexibility index (Phi) is 5.72. The number of urea groups is 1. The molecule has 2 unspecified atom stereocenters. The molecule has 134 valence electrons. The topological polar surface area (TPSA) is 94.4 Å². The number of anilines is 1. The number of aliphatic hydroxyl groups is 1. The van der Waals surface area contributed by atoms with Crippen LogP contribution in [-0.2, 0) is 0 Å². The second-order valence-electron chi connectivity index (χ2n) is 6.32. The predicted octanol–water partition coefficient (Wildman–Crippen LogP) is 3.78. The molecule has 2 amide bonds. The summed E-state index contributed by atoms with van der Waals surface area (Å²) < 4.78 is 5.70. The van der Waals surface area contributed by atoms with Crippen molar-refractivity contribution in [3.8, 4) is 17.6 Å². The number of nitriles is 1. The van der Waals surface area contributed by atoms with E-state index >= 15 is 0 Å². The molecular weight excluding hydrogens is 330 g/mol. The summed E-state index contributed by atoms with van der Waals surface area (Å²) in [6.45, 7) is 0. The Morgan fingerprint density at radius 3 is 2.27 bits per heavy atom. The Hall–Kier alpha value is -3.04. The standard InChI is InChI=1S/C20H21N3O3/c21-13-14-5-9-16(10-6-14)26-17-11-7-15(8-12-17)22-20(25)23-18-3-1-2-4-19(18)24/h5-12,18-19,24H,1-4H2,(H2,22,23,25). The van der Waals surface area contributed by atoms with Gasteiger partial charge in [0.1, 0.15) is 11.5 Å². The smallest absolute Gasteiger partial charge is 0.319 e. The molecule has 3 rings (SSSR count). The first-order valence-electron chi connectivity index (χ1n) is 8.68. The molecule has 1 fully saturated rings. The lowest BCUT2D eigenvalue weighted by atomic mass is 9.93. The SMILES string of the molecule is N#Cc1ccc(Oc2ccc(NC(=O)NC3CCCCC3O)cc2)cc1. The second-order valence-corrected chi connectivity index (χ2v) is 6.32. The van der Waals surface area contributed by atoms with Crippen molar-refractivity contribution in [2.45, 2.75) is 37.8 Å². The molecule has 0 aromatic heterocycles. The van der Waals surface area contributed by atoms with Gasteiger partial charge < -0.3 is 20.5 Å². The van der Waals surface area contributed by atoms with E-state index < -0.39 is 6.10 Å². The van der Waals surface area contributed by atoms with Crippen LogP contribution in [0.4, 0.5) is 10.5 Å². The Balaban J connectivity index is 1.53. The van der Waals surface area contributed by atoms with Gasteiger partial charge in [-0.2, -0.15) is 5.26 Å². The van der Waals surface area contributed by atoms with E-state index in [0.29, 0.717) is 22.7 Å². The lowest BCUT2D eigenvalue weighted by molar-refractivity contribution is 0.0955. The third kappa shape index (κ3) is 4.74. The molecule has 6 heteroatoms. The van der Waals surface area contributed by atoms with E-state index in [2.05, 4.69) is 16.7 Å². The maximum Gasteiger partial charge on any atom is 0.319 e. The van der Waals surface area contributed by atoms with Gasteiger partial charge in [-0.15, -0.1) is 0 Å². The van der Waals surface area contributed by atoms with Gasteiger partial charge in [0.05, 0.1) is 23.8 Å². The van der Waals surface area contributed by atoms with E-state index in [1.54, 1.807) is 48.5 Å². The fourth-order valence-electron chi connectivity index (χ4n) is 2.96. The number of benzene rings is 2. The highest BCUT2D eigenvalue weighted by Crippen LogP contribution is 2.23. The first-order valence-corrected chi connectivity index (χ1v) is 8.68. The number of rotatable bonds is 4. The van der Waals surface area contributed by atoms with Gasteiger partial charge in [-0.3, -0.25) is 0 Å². The summed E-state index contributed by atoms with van der Waals surface area (Å²) in [5.41, 5.74) is 1.21. The number of hydrogen-bond acceptors (Lipinski definition) is 4. The van der Waals surface area contributed by atoms with Gasteiger partial charge in [0.2, 0.25) is 0 Å². The van der Waals surface area contributed by atoms with Crippen LogP contribution in [0.1, 0.15) is 31.2 Å². The Bertz CT molecular complexity index is 781. The summed E-state index contributed by atoms with van der Waals surface area (Å²) in [6, 6.07) is 15.4. The molecule has 0 aliphatic heterocycles. The van der Waals surface area contributed by atoms with Gasteiger partial charge in [-0.05, 0) is 61.4 Å². The summed E-state index contributed by atoms with van der Waals surface area (Å²) in [5, 5.41) is 24.3. The molecular formula is C20H21N3O3. The Labute approximate surface area is 152 Å². The zero-order valence-electron chi connectivity index (χ0n) is 14.3. The minimum atomic E-state index is -0.474. The van der Waals surface area contributed by atoms with E-state index in [-0.39, 0.29) is 12.1 Å². The van der Waals surface area contributed by atoms with Gasteiger partial charge in [0, 0.05) is 5.69 Å². The van der Waals surface area contributed by atoms with Crippen molar-refractivity contribution in [2.75, 3.05) is 5.32 Å². The van der Waals surface area contributed by atoms with Gasteiger partial charge in [0.15, 0.2) is 0 Å². The van der Waals surface area contributed by atoms with E-state index in [4.69, 9.17) is 10.00 Å². The normalized spacial score (nSPS) is 19.2. The lowest BCUT2D eigenvalue weighted by Gasteiger charge is -2.28. The Morgan fingerprint density at radius 1 is 1.04 bits per heavy atom. The summed E-state index contributed by atoms with van der Waals surface area (Å²) in [7, 11) is 0. The summed E-state index contributed by atoms with van der Waals surface area (Å²) in [6.07, 6.45) is 3.07. The lowest BCUT2D eigenvalue weighted by Crippen LogP contribution is -2.46. The predicted molar refractivity (Wildman–Crippen MR) is 98.1 cm³/mol. The van der Waals surface area contributed by atoms with Gasteiger partial charge in [-0.1, -0.05) is 12.8 Å². The van der Waals surface area contributed by atoms with Crippen LogP contribution in [0.15, 0.2) is 48.5 Å². The van der Waals surface area contributed by atoms with Crippen molar-refractivity contribution in [1.29, 1.82) is 5.26 Å². The number of hydrogen-bond donors (Lipinski definition) is 3. The summed E-state index contributed by atoms with van der Waals surface area (Å²) in [5.74, 6) is 1.26. The third-order valence-corrected chi connectivity index (χ3v) is 4.38. The number of carbonyl (C=O) groups excluding carboxylic acids is 1. The zero-order chi connectivity index (χ0) is 18.4. The van der Waals surface area contributed by atoms with E-state index in [1.165, 1.54) is 0 Å². The van der Waals surface area contributed by atoms with Gasteiger partial charge in [-0.25, -0.2) is 4.79 Å². The molecule has 2 atom stereocenters. The maximum atomic E-state index is 12.1. The number of amides is 2.